The number of phenols is 1. The van der Waals surface area contributed by atoms with Crippen molar-refractivity contribution in [1.29, 1.82) is 5.41 Å². The van der Waals surface area contributed by atoms with Crippen LogP contribution in [-0.2, 0) is 84.8 Å². The van der Waals surface area contributed by atoms with Crippen LogP contribution < -0.4 is 64.6 Å². The Morgan fingerprint density at radius 3 is 1.61 bits per heavy atom. The molecule has 0 saturated carbocycles. The molecule has 11 amide bonds. The first-order valence-electron chi connectivity index (χ1n) is 31.5. The van der Waals surface area contributed by atoms with Crippen LogP contribution in [0.25, 0.3) is 21.8 Å². The van der Waals surface area contributed by atoms with Crippen molar-refractivity contribution in [3.05, 3.63) is 138 Å². The van der Waals surface area contributed by atoms with Crippen LogP contribution in [0.4, 0.5) is 0 Å². The first-order chi connectivity index (χ1) is 46.7. The maximum absolute atomic E-state index is 15.1. The highest BCUT2D eigenvalue weighted by Gasteiger charge is 2.40. The van der Waals surface area contributed by atoms with Crippen LogP contribution in [0.1, 0.15) is 66.6 Å². The number of likely N-dealkylation sites (tertiary alicyclic amines) is 1. The van der Waals surface area contributed by atoms with E-state index < -0.39 is 133 Å². The first-order valence-corrected chi connectivity index (χ1v) is 31.5. The SMILES string of the molecule is N=C(N)NCCC[C@@H](NC(=O)[C@H](Cc1cnc[nH]1)NC(=O)[C@H](CO)NC(=O)[C@H](Cc1c[nH]c2ccccc12)NC(=O)[C@H](Cc1cnc[nH]1)NC(=O)[C@@H]1CCC(=O)N1)C(=O)N[C@@H](Cc1c[nH]c2ccccc12)C(=O)N[C@@H](Cc1ccc(O)cc1)C(=O)N1CCC[C@H]1C(=O)NCC(N)=O. The van der Waals surface area contributed by atoms with Gasteiger partial charge in [0, 0.05) is 110 Å². The Kier molecular flexibility index (Phi) is 23.7. The van der Waals surface area contributed by atoms with Gasteiger partial charge in [-0.1, -0.05) is 48.5 Å². The van der Waals surface area contributed by atoms with Gasteiger partial charge in [-0.05, 0) is 73.1 Å². The molecule has 2 aliphatic heterocycles. The predicted octanol–water partition coefficient (Wildman–Crippen LogP) is -3.17. The van der Waals surface area contributed by atoms with Crippen LogP contribution in [0.15, 0.2) is 110 Å². The van der Waals surface area contributed by atoms with E-state index in [-0.39, 0.29) is 89.0 Å². The number of guanidine groups is 1. The van der Waals surface area contributed by atoms with Crippen LogP contribution in [0, 0.1) is 5.41 Å². The van der Waals surface area contributed by atoms with E-state index in [1.54, 1.807) is 73.1 Å². The fourth-order valence-electron chi connectivity index (χ4n) is 11.7. The lowest BCUT2D eigenvalue weighted by Gasteiger charge is -2.30. The number of primary amides is 1. The number of para-hydroxylation sites is 2. The van der Waals surface area contributed by atoms with E-state index in [0.29, 0.717) is 56.3 Å². The molecule has 0 radical (unpaired) electrons. The summed E-state index contributed by atoms with van der Waals surface area (Å²) in [5.74, 6) is -9.24. The molecule has 0 bridgehead atoms. The van der Waals surface area contributed by atoms with Crippen molar-refractivity contribution in [2.75, 3.05) is 26.2 Å². The molecule has 33 nitrogen and oxygen atoms in total. The summed E-state index contributed by atoms with van der Waals surface area (Å²) in [6.07, 6.45) is 8.61. The lowest BCUT2D eigenvalue weighted by molar-refractivity contribution is -0.142. The third-order valence-electron chi connectivity index (χ3n) is 16.7. The normalized spacial score (nSPS) is 16.5. The molecule has 0 aliphatic carbocycles. The molecule has 9 rings (SSSR count). The number of rotatable bonds is 33. The van der Waals surface area contributed by atoms with Gasteiger partial charge >= 0.3 is 0 Å². The second kappa shape index (κ2) is 33.0. The summed E-state index contributed by atoms with van der Waals surface area (Å²) in [6, 6.07) is 7.57. The Morgan fingerprint density at radius 2 is 1.09 bits per heavy atom. The zero-order chi connectivity index (χ0) is 69.1. The molecule has 0 spiro atoms. The summed E-state index contributed by atoms with van der Waals surface area (Å²) in [5, 5.41) is 56.6. The predicted molar refractivity (Wildman–Crippen MR) is 348 cm³/mol. The van der Waals surface area contributed by atoms with Gasteiger partial charge in [-0.3, -0.25) is 58.1 Å². The van der Waals surface area contributed by atoms with Gasteiger partial charge in [0.25, 0.3) is 0 Å². The lowest BCUT2D eigenvalue weighted by Crippen LogP contribution is -2.61. The fourth-order valence-corrected chi connectivity index (χ4v) is 11.7. The van der Waals surface area contributed by atoms with Crippen LogP contribution in [0.5, 0.6) is 5.75 Å². The molecule has 7 aromatic rings. The maximum Gasteiger partial charge on any atom is 0.246 e. The minimum absolute atomic E-state index is 0.0287. The molecule has 2 fully saturated rings. The highest BCUT2D eigenvalue weighted by molar-refractivity contribution is 6.00. The van der Waals surface area contributed by atoms with Gasteiger partial charge < -0.3 is 99.7 Å². The van der Waals surface area contributed by atoms with Crippen molar-refractivity contribution >= 4 is 92.7 Å². The molecule has 512 valence electrons. The first kappa shape index (κ1) is 69.7. The van der Waals surface area contributed by atoms with Crippen molar-refractivity contribution < 1.29 is 63.0 Å². The number of nitrogens with zero attached hydrogens (tertiary/aromatic N) is 3. The standard InChI is InChI=1S/C64H78N20O13/c65-53(87)30-73-62(96)52-12-6-20-84(52)63(97)50(21-34-13-15-39(86)16-14-34)82-57(91)46(22-35-26-71-42-9-3-1-7-40(35)42)78-55(89)44(11-5-19-70-64(66)67)77-59(93)48(24-37-28-68-32-74-37)81-61(95)51(31-85)83-58(92)47(23-36-27-72-43-10-4-2-8-41(36)43)79-60(94)49(25-38-29-69-33-75-38)80-56(90)45-17-18-54(88)76-45/h1-4,7-10,13-16,26-29,32-33,44-52,71-72,85-86H,5-6,11-12,17-25,30-31H2,(H2,65,87)(H,68,74)(H,69,75)(H,73,96)(H,76,88)(H,77,93)(H,78,89)(H,79,94)(H,80,90)(H,81,95)(H,82,91)(H,83,92)(H4,66,67,70)/t44-,45+,46+,47+,48+,49+,50+,51+,52+/m1/s1. The Morgan fingerprint density at radius 1 is 0.588 bits per heavy atom. The number of hydrogen-bond acceptors (Lipinski definition) is 16. The van der Waals surface area contributed by atoms with E-state index in [1.807, 2.05) is 0 Å². The molecule has 4 aromatic heterocycles. The van der Waals surface area contributed by atoms with Crippen molar-refractivity contribution in [3.8, 4) is 5.75 Å². The summed E-state index contributed by atoms with van der Waals surface area (Å²) in [7, 11) is 0. The number of aromatic hydroxyl groups is 1. The number of aliphatic hydroxyl groups excluding tert-OH is 1. The molecule has 2 saturated heterocycles. The quantitative estimate of drug-likeness (QED) is 0.0110. The van der Waals surface area contributed by atoms with Gasteiger partial charge in [-0.2, -0.15) is 0 Å². The minimum Gasteiger partial charge on any atom is -0.508 e. The molecular formula is C64H78N20O13. The van der Waals surface area contributed by atoms with Gasteiger partial charge in [0.15, 0.2) is 5.96 Å². The Hall–Kier alpha value is -11.6. The molecule has 6 heterocycles. The summed E-state index contributed by atoms with van der Waals surface area (Å²) >= 11 is 0. The van der Waals surface area contributed by atoms with Crippen molar-refractivity contribution in [2.45, 2.75) is 125 Å². The Bertz CT molecular complexity index is 3970. The van der Waals surface area contributed by atoms with Gasteiger partial charge in [-0.15, -0.1) is 0 Å². The van der Waals surface area contributed by atoms with Crippen molar-refractivity contribution in [3.63, 3.8) is 0 Å². The number of imidazole rings is 2. The molecule has 33 heteroatoms. The molecule has 21 N–H and O–H groups in total. The molecular weight excluding hydrogens is 1260 g/mol. The summed E-state index contributed by atoms with van der Waals surface area (Å²) < 4.78 is 0. The zero-order valence-corrected chi connectivity index (χ0v) is 52.6. The van der Waals surface area contributed by atoms with E-state index in [1.165, 1.54) is 42.1 Å². The number of aromatic amines is 4. The number of carbonyl (C=O) groups is 11. The Balaban J connectivity index is 0.965. The lowest BCUT2D eigenvalue weighted by atomic mass is 10.0. The number of fused-ring (bicyclic) bond motifs is 2. The van der Waals surface area contributed by atoms with E-state index >= 15 is 9.59 Å². The number of aromatic nitrogens is 6. The molecule has 3 aromatic carbocycles. The van der Waals surface area contributed by atoms with E-state index in [2.05, 4.69) is 83.1 Å². The number of benzene rings is 3. The number of H-pyrrole nitrogens is 4. The van der Waals surface area contributed by atoms with Gasteiger partial charge in [-0.25, -0.2) is 9.97 Å². The van der Waals surface area contributed by atoms with Crippen molar-refractivity contribution in [2.24, 2.45) is 11.5 Å². The summed E-state index contributed by atoms with van der Waals surface area (Å²) in [4.78, 5) is 175. The van der Waals surface area contributed by atoms with E-state index in [9.17, 15) is 53.4 Å². The number of nitrogens with two attached hydrogens (primary N) is 2. The zero-order valence-electron chi connectivity index (χ0n) is 52.6. The topological polar surface area (TPSA) is 517 Å². The van der Waals surface area contributed by atoms with Gasteiger partial charge in [0.2, 0.25) is 65.0 Å². The highest BCUT2D eigenvalue weighted by Crippen LogP contribution is 2.24. The number of carbonyl (C=O) groups excluding carboxylic acids is 11. The maximum atomic E-state index is 15.1. The number of nitrogens with one attached hydrogen (secondary N) is 15. The minimum atomic E-state index is -1.81. The third-order valence-corrected chi connectivity index (χ3v) is 16.7. The molecule has 9 atom stereocenters. The van der Waals surface area contributed by atoms with Crippen molar-refractivity contribution in [1.82, 2.24) is 88.0 Å². The summed E-state index contributed by atoms with van der Waals surface area (Å²) in [6.45, 7) is -1.39. The van der Waals surface area contributed by atoms with E-state index in [0.717, 1.165) is 0 Å². The van der Waals surface area contributed by atoms with Gasteiger partial charge in [0.1, 0.15) is 60.1 Å². The Labute approximate surface area is 553 Å². The number of phenolic OH excluding ortho intramolecular Hbond substituents is 1. The monoisotopic (exact) mass is 1330 g/mol. The smallest absolute Gasteiger partial charge is 0.246 e. The third kappa shape index (κ3) is 19.0. The fraction of sp³-hybridized carbons (Fsp3) is 0.375. The number of amides is 11. The molecule has 0 unspecified atom stereocenters. The number of hydrogen-bond donors (Lipinski definition) is 19. The average molecular weight is 1340 g/mol. The second-order valence-electron chi connectivity index (χ2n) is 23.7. The average Bonchev–Trinajstić information content (AvgIpc) is 1.81. The largest absolute Gasteiger partial charge is 0.508 e. The van der Waals surface area contributed by atoms with Crippen LogP contribution in [0.3, 0.4) is 0 Å². The molecule has 2 aliphatic rings. The van der Waals surface area contributed by atoms with Crippen LogP contribution in [0.2, 0.25) is 0 Å². The summed E-state index contributed by atoms with van der Waals surface area (Å²) in [5.41, 5.74) is 14.6. The van der Waals surface area contributed by atoms with Crippen LogP contribution in [-0.4, -0.2) is 197 Å². The van der Waals surface area contributed by atoms with Crippen LogP contribution >= 0.6 is 0 Å². The second-order valence-corrected chi connectivity index (χ2v) is 23.7. The highest BCUT2D eigenvalue weighted by atomic mass is 16.3. The van der Waals surface area contributed by atoms with Gasteiger partial charge in [0.05, 0.1) is 25.8 Å². The number of aliphatic hydroxyl groups is 1. The van der Waals surface area contributed by atoms with E-state index in [4.69, 9.17) is 16.9 Å². The molecule has 97 heavy (non-hydrogen) atoms.